The van der Waals surface area contributed by atoms with Gasteiger partial charge < -0.3 is 10.2 Å². The van der Waals surface area contributed by atoms with E-state index in [-0.39, 0.29) is 12.3 Å². The zero-order chi connectivity index (χ0) is 17.1. The molecule has 0 atom stereocenters. The average molecular weight is 392 g/mol. The summed E-state index contributed by atoms with van der Waals surface area (Å²) in [6.07, 6.45) is 0. The quantitative estimate of drug-likeness (QED) is 0.526. The lowest BCUT2D eigenvalue weighted by molar-refractivity contribution is -0.384. The van der Waals surface area contributed by atoms with E-state index in [0.29, 0.717) is 16.7 Å². The van der Waals surface area contributed by atoms with Crippen LogP contribution in [-0.2, 0) is 4.79 Å². The Morgan fingerprint density at radius 3 is 2.75 bits per heavy atom. The Morgan fingerprint density at radius 1 is 1.29 bits per heavy atom. The number of anilines is 1. The molecule has 0 spiro atoms. The number of amides is 1. The van der Waals surface area contributed by atoms with Crippen molar-refractivity contribution in [2.24, 2.45) is 0 Å². The lowest BCUT2D eigenvalue weighted by Crippen LogP contribution is -2.26. The van der Waals surface area contributed by atoms with Gasteiger partial charge in [-0.25, -0.2) is 0 Å². The van der Waals surface area contributed by atoms with Crippen LogP contribution in [0.5, 0.6) is 0 Å². The highest BCUT2D eigenvalue weighted by molar-refractivity contribution is 9.10. The summed E-state index contributed by atoms with van der Waals surface area (Å²) in [6, 6.07) is 11.1. The first kappa shape index (κ1) is 15.9. The van der Waals surface area contributed by atoms with Crippen molar-refractivity contribution in [3.63, 3.8) is 0 Å². The Bertz CT molecular complexity index is 909. The lowest BCUT2D eigenvalue weighted by atomic mass is 10.3. The number of carbonyl (C=O) groups is 1. The maximum absolute atomic E-state index is 11.9. The number of halogens is 1. The average Bonchev–Trinajstić information content (AvgIpc) is 2.97. The largest absolute Gasteiger partial charge is 0.385 e. The first-order chi connectivity index (χ1) is 11.5. The topological polar surface area (TPSA) is 112 Å². The van der Waals surface area contributed by atoms with Crippen LogP contribution in [0.25, 0.3) is 11.0 Å². The van der Waals surface area contributed by atoms with Gasteiger partial charge >= 0.3 is 0 Å². The van der Waals surface area contributed by atoms with Crippen LogP contribution in [-0.4, -0.2) is 32.6 Å². The number of nitro groups is 1. The van der Waals surface area contributed by atoms with Crippen molar-refractivity contribution in [1.29, 1.82) is 0 Å². The number of benzene rings is 2. The second-order valence-corrected chi connectivity index (χ2v) is 5.64. The molecule has 3 rings (SSSR count). The fraction of sp³-hybridized carbons (Fsp3) is 0.0714. The third-order valence-corrected chi connectivity index (χ3v) is 3.58. The number of hydrogen-bond donors (Lipinski definition) is 1. The second kappa shape index (κ2) is 6.62. The fourth-order valence-corrected chi connectivity index (χ4v) is 2.21. The number of non-ortho nitro benzene ring substituents is 1. The molecule has 1 aromatic heterocycles. The third kappa shape index (κ3) is 3.49. The number of nitro benzene ring substituents is 1. The highest BCUT2D eigenvalue weighted by Crippen LogP contribution is 2.18. The molecule has 3 aromatic rings. The van der Waals surface area contributed by atoms with E-state index in [1.165, 1.54) is 18.2 Å². The molecule has 0 aliphatic rings. The van der Waals surface area contributed by atoms with Crippen LogP contribution in [0.15, 0.2) is 46.9 Å². The van der Waals surface area contributed by atoms with Crippen LogP contribution < -0.4 is 10.2 Å². The minimum atomic E-state index is -0.531. The Labute approximate surface area is 143 Å². The van der Waals surface area contributed by atoms with E-state index < -0.39 is 10.8 Å². The SMILES string of the molecule is O=C(COn1nnc2ccc([N+](=O)[O-])cc21)Nc1ccc(Br)cc1. The molecule has 122 valence electrons. The van der Waals surface area contributed by atoms with Crippen molar-refractivity contribution in [2.75, 3.05) is 11.9 Å². The first-order valence-electron chi connectivity index (χ1n) is 6.71. The Hall–Kier alpha value is -3.01. The van der Waals surface area contributed by atoms with Crippen molar-refractivity contribution in [1.82, 2.24) is 15.2 Å². The molecule has 1 N–H and O–H groups in total. The van der Waals surface area contributed by atoms with Crippen molar-refractivity contribution >= 4 is 44.2 Å². The molecule has 0 saturated carbocycles. The van der Waals surface area contributed by atoms with Crippen LogP contribution >= 0.6 is 15.9 Å². The van der Waals surface area contributed by atoms with Crippen molar-refractivity contribution < 1.29 is 14.6 Å². The molecule has 0 bridgehead atoms. The van der Waals surface area contributed by atoms with Gasteiger partial charge in [-0.15, -0.1) is 5.10 Å². The van der Waals surface area contributed by atoms with Gasteiger partial charge in [-0.2, -0.15) is 0 Å². The van der Waals surface area contributed by atoms with Gasteiger partial charge in [-0.1, -0.05) is 20.8 Å². The van der Waals surface area contributed by atoms with Crippen LogP contribution in [0.3, 0.4) is 0 Å². The Morgan fingerprint density at radius 2 is 2.04 bits per heavy atom. The summed E-state index contributed by atoms with van der Waals surface area (Å²) in [7, 11) is 0. The smallest absolute Gasteiger partial charge is 0.271 e. The number of rotatable bonds is 5. The molecular weight excluding hydrogens is 382 g/mol. The van der Waals surface area contributed by atoms with Crippen LogP contribution in [0.1, 0.15) is 0 Å². The molecule has 1 amide bonds. The first-order valence-corrected chi connectivity index (χ1v) is 7.51. The summed E-state index contributed by atoms with van der Waals surface area (Å²) in [5.74, 6) is -0.397. The summed E-state index contributed by atoms with van der Waals surface area (Å²) in [6.45, 7) is -0.322. The van der Waals surface area contributed by atoms with Crippen LogP contribution in [0, 0.1) is 10.1 Å². The number of nitrogens with zero attached hydrogens (tertiary/aromatic N) is 4. The monoisotopic (exact) mass is 391 g/mol. The number of aromatic nitrogens is 3. The highest BCUT2D eigenvalue weighted by Gasteiger charge is 2.13. The van der Waals surface area contributed by atoms with Gasteiger partial charge in [-0.05, 0) is 35.5 Å². The second-order valence-electron chi connectivity index (χ2n) is 4.72. The van der Waals surface area contributed by atoms with Crippen LogP contribution in [0.2, 0.25) is 0 Å². The molecule has 9 nitrogen and oxygen atoms in total. The maximum Gasteiger partial charge on any atom is 0.271 e. The normalized spacial score (nSPS) is 10.5. The number of fused-ring (bicyclic) bond motifs is 1. The maximum atomic E-state index is 11.9. The van der Waals surface area contributed by atoms with E-state index >= 15 is 0 Å². The Kier molecular flexibility index (Phi) is 4.38. The molecule has 0 saturated heterocycles. The zero-order valence-corrected chi connectivity index (χ0v) is 13.6. The van der Waals surface area contributed by atoms with Crippen molar-refractivity contribution in [3.05, 3.63) is 57.1 Å². The minimum Gasteiger partial charge on any atom is -0.385 e. The zero-order valence-electron chi connectivity index (χ0n) is 12.0. The van der Waals surface area contributed by atoms with Gasteiger partial charge in [0.1, 0.15) is 11.0 Å². The van der Waals surface area contributed by atoms with Gasteiger partial charge in [0.05, 0.1) is 4.92 Å². The van der Waals surface area contributed by atoms with Crippen molar-refractivity contribution in [3.8, 4) is 0 Å². The molecule has 2 aromatic carbocycles. The van der Waals surface area contributed by atoms with E-state index in [0.717, 1.165) is 9.32 Å². The molecule has 0 radical (unpaired) electrons. The molecule has 0 unspecified atom stereocenters. The van der Waals surface area contributed by atoms with E-state index in [4.69, 9.17) is 4.84 Å². The molecule has 0 aliphatic heterocycles. The molecule has 24 heavy (non-hydrogen) atoms. The molecule has 0 fully saturated rings. The summed E-state index contributed by atoms with van der Waals surface area (Å²) >= 11 is 3.30. The molecular formula is C14H10BrN5O4. The third-order valence-electron chi connectivity index (χ3n) is 3.06. The predicted molar refractivity (Wildman–Crippen MR) is 88.4 cm³/mol. The standard InChI is InChI=1S/C14H10BrN5O4/c15-9-1-3-10(4-2-9)16-14(21)8-24-19-13-7-11(20(22)23)5-6-12(13)17-18-19/h1-7H,8H2,(H,16,21). The molecule has 0 aliphatic carbocycles. The summed E-state index contributed by atoms with van der Waals surface area (Å²) < 4.78 is 0.896. The molecule has 10 heteroatoms. The van der Waals surface area contributed by atoms with Crippen LogP contribution in [0.4, 0.5) is 11.4 Å². The Balaban J connectivity index is 1.68. The van der Waals surface area contributed by atoms with E-state index in [1.807, 2.05) is 0 Å². The van der Waals surface area contributed by atoms with E-state index in [2.05, 4.69) is 31.6 Å². The number of hydrogen-bond acceptors (Lipinski definition) is 6. The van der Waals surface area contributed by atoms with Gasteiger partial charge in [-0.3, -0.25) is 14.9 Å². The summed E-state index contributed by atoms with van der Waals surface area (Å²) in [5, 5.41) is 21.0. The minimum absolute atomic E-state index is 0.117. The summed E-state index contributed by atoms with van der Waals surface area (Å²) in [5.41, 5.74) is 1.23. The number of carbonyl (C=O) groups excluding carboxylic acids is 1. The van der Waals surface area contributed by atoms with E-state index in [9.17, 15) is 14.9 Å². The van der Waals surface area contributed by atoms with Gasteiger partial charge in [0.2, 0.25) is 0 Å². The highest BCUT2D eigenvalue weighted by atomic mass is 79.9. The van der Waals surface area contributed by atoms with Crippen molar-refractivity contribution in [2.45, 2.75) is 0 Å². The van der Waals surface area contributed by atoms with Gasteiger partial charge in [0.15, 0.2) is 6.61 Å². The van der Waals surface area contributed by atoms with Gasteiger partial charge in [0, 0.05) is 22.3 Å². The van der Waals surface area contributed by atoms with E-state index in [1.54, 1.807) is 24.3 Å². The fourth-order valence-electron chi connectivity index (χ4n) is 1.95. The summed E-state index contributed by atoms with van der Waals surface area (Å²) in [4.78, 5) is 28.4. The van der Waals surface area contributed by atoms with Gasteiger partial charge in [0.25, 0.3) is 11.6 Å². The predicted octanol–water partition coefficient (Wildman–Crippen LogP) is 2.17. The molecule has 1 heterocycles. The number of nitrogens with one attached hydrogen (secondary N) is 1. The lowest BCUT2D eigenvalue weighted by Gasteiger charge is -2.07.